The number of rotatable bonds is 2. The number of fused-ring (bicyclic) bond motifs is 1. The Balaban J connectivity index is 1.91. The summed E-state index contributed by atoms with van der Waals surface area (Å²) in [6.07, 6.45) is 2.04. The number of ether oxygens (including phenoxy) is 1. The second-order valence-electron chi connectivity index (χ2n) is 4.02. The minimum Gasteiger partial charge on any atom is -0.457 e. The van der Waals surface area contributed by atoms with Gasteiger partial charge in [0, 0.05) is 5.56 Å². The topological polar surface area (TPSA) is 33.0 Å². The van der Waals surface area contributed by atoms with E-state index in [1.807, 2.05) is 24.2 Å². The molecule has 1 aliphatic heterocycles. The Morgan fingerprint density at radius 3 is 2.67 bits per heavy atom. The molecule has 1 heterocycles. The Morgan fingerprint density at radius 2 is 1.89 bits per heavy atom. The minimum absolute atomic E-state index is 0.633. The van der Waals surface area contributed by atoms with Crippen LogP contribution in [0.25, 0.3) is 6.08 Å². The lowest BCUT2D eigenvalue weighted by Crippen LogP contribution is -2.11. The molecule has 2 nitrogen and oxygen atoms in total. The van der Waals surface area contributed by atoms with Crippen LogP contribution in [0.4, 0.5) is 0 Å². The monoisotopic (exact) mass is 230 g/mol. The van der Waals surface area contributed by atoms with Crippen molar-refractivity contribution in [1.29, 1.82) is 5.26 Å². The molecule has 83 valence electrons. The van der Waals surface area contributed by atoms with Gasteiger partial charge in [0.25, 0.3) is 0 Å². The van der Waals surface area contributed by atoms with Gasteiger partial charge in [-0.25, -0.2) is 0 Å². The summed E-state index contributed by atoms with van der Waals surface area (Å²) in [7, 11) is 2.06. The van der Waals surface area contributed by atoms with Crippen LogP contribution in [0.1, 0.15) is 11.1 Å². The van der Waals surface area contributed by atoms with Gasteiger partial charge in [-0.1, -0.05) is 23.7 Å². The third-order valence-electron chi connectivity index (χ3n) is 2.85. The van der Waals surface area contributed by atoms with Gasteiger partial charge in [0.15, 0.2) is 7.28 Å². The molecule has 0 saturated carbocycles. The molecule has 3 heteroatoms. The van der Waals surface area contributed by atoms with Crippen LogP contribution in [0, 0.1) is 11.3 Å². The first-order chi connectivity index (χ1) is 8.86. The second-order valence-corrected chi connectivity index (χ2v) is 4.02. The molecule has 0 aliphatic carbocycles. The van der Waals surface area contributed by atoms with Gasteiger partial charge >= 0.3 is 0 Å². The lowest BCUT2D eigenvalue weighted by molar-refractivity contribution is 0.482. The van der Waals surface area contributed by atoms with Crippen molar-refractivity contribution in [3.05, 3.63) is 59.6 Å². The molecule has 1 radical (unpaired) electrons. The summed E-state index contributed by atoms with van der Waals surface area (Å²) >= 11 is 0. The van der Waals surface area contributed by atoms with E-state index < -0.39 is 0 Å². The highest BCUT2D eigenvalue weighted by Gasteiger charge is 2.11. The van der Waals surface area contributed by atoms with Gasteiger partial charge in [-0.15, -0.1) is 5.98 Å². The van der Waals surface area contributed by atoms with E-state index in [4.69, 9.17) is 10.00 Å². The third-order valence-corrected chi connectivity index (χ3v) is 2.85. The standard InChI is InChI=1S/C15H9BNO/c17-10-11-4-6-12(7-5-11)18-15-3-1-2-14-13(15)8-9-16-14/h1-9H. The van der Waals surface area contributed by atoms with Gasteiger partial charge in [0.2, 0.25) is 0 Å². The maximum Gasteiger partial charge on any atom is 0.182 e. The fourth-order valence-corrected chi connectivity index (χ4v) is 1.95. The fourth-order valence-electron chi connectivity index (χ4n) is 1.95. The van der Waals surface area contributed by atoms with Crippen molar-refractivity contribution in [1.82, 2.24) is 0 Å². The zero-order chi connectivity index (χ0) is 12.4. The molecular weight excluding hydrogens is 221 g/mol. The third kappa shape index (κ3) is 1.89. The van der Waals surface area contributed by atoms with Crippen LogP contribution >= 0.6 is 0 Å². The van der Waals surface area contributed by atoms with Crippen LogP contribution in [0.3, 0.4) is 0 Å². The molecule has 2 aromatic rings. The normalized spacial score (nSPS) is 11.5. The first-order valence-electron chi connectivity index (χ1n) is 5.69. The predicted octanol–water partition coefficient (Wildman–Crippen LogP) is 2.66. The largest absolute Gasteiger partial charge is 0.457 e. The van der Waals surface area contributed by atoms with Gasteiger partial charge in [0.05, 0.1) is 11.6 Å². The number of hydrogen-bond acceptors (Lipinski definition) is 2. The zero-order valence-corrected chi connectivity index (χ0v) is 9.63. The van der Waals surface area contributed by atoms with Crippen molar-refractivity contribution < 1.29 is 4.74 Å². The molecule has 0 bridgehead atoms. The number of benzene rings is 2. The maximum absolute atomic E-state index is 8.74. The van der Waals surface area contributed by atoms with Gasteiger partial charge < -0.3 is 4.74 Å². The van der Waals surface area contributed by atoms with E-state index >= 15 is 0 Å². The van der Waals surface area contributed by atoms with Crippen LogP contribution in [-0.4, -0.2) is 7.28 Å². The van der Waals surface area contributed by atoms with Crippen LogP contribution < -0.4 is 10.2 Å². The van der Waals surface area contributed by atoms with Crippen LogP contribution in [0.2, 0.25) is 0 Å². The minimum atomic E-state index is 0.633. The highest BCUT2D eigenvalue weighted by molar-refractivity contribution is 6.62. The SMILES string of the molecule is N#Cc1ccc(Oc2cccc3c2C=C[B]3)cc1. The summed E-state index contributed by atoms with van der Waals surface area (Å²) in [6, 6.07) is 15.2. The molecule has 2 aromatic carbocycles. The number of hydrogen-bond donors (Lipinski definition) is 0. The molecule has 0 fully saturated rings. The molecule has 0 saturated heterocycles. The Kier molecular flexibility index (Phi) is 2.62. The second kappa shape index (κ2) is 4.42. The summed E-state index contributed by atoms with van der Waals surface area (Å²) in [6.45, 7) is 0. The number of nitriles is 1. The smallest absolute Gasteiger partial charge is 0.182 e. The van der Waals surface area contributed by atoms with Gasteiger partial charge in [-0.05, 0) is 30.3 Å². The van der Waals surface area contributed by atoms with Gasteiger partial charge in [0.1, 0.15) is 11.5 Å². The Labute approximate surface area is 106 Å². The summed E-state index contributed by atoms with van der Waals surface area (Å²) in [5, 5.41) is 8.74. The van der Waals surface area contributed by atoms with E-state index in [1.165, 1.54) is 5.46 Å². The molecule has 18 heavy (non-hydrogen) atoms. The van der Waals surface area contributed by atoms with E-state index in [1.54, 1.807) is 24.3 Å². The molecule has 1 aliphatic rings. The lowest BCUT2D eigenvalue weighted by atomic mass is 9.73. The Morgan fingerprint density at radius 1 is 1.06 bits per heavy atom. The van der Waals surface area contributed by atoms with Crippen LogP contribution in [0.15, 0.2) is 48.4 Å². The Bertz CT molecular complexity index is 653. The van der Waals surface area contributed by atoms with Crippen molar-refractivity contribution >= 4 is 18.8 Å². The fraction of sp³-hybridized carbons (Fsp3) is 0. The van der Waals surface area contributed by atoms with E-state index in [-0.39, 0.29) is 0 Å². The molecule has 3 rings (SSSR count). The first-order valence-corrected chi connectivity index (χ1v) is 5.69. The van der Waals surface area contributed by atoms with Crippen molar-refractivity contribution in [3.8, 4) is 17.6 Å². The zero-order valence-electron chi connectivity index (χ0n) is 9.63. The molecule has 0 unspecified atom stereocenters. The van der Waals surface area contributed by atoms with Crippen LogP contribution in [0.5, 0.6) is 11.5 Å². The number of nitrogens with zero attached hydrogens (tertiary/aromatic N) is 1. The molecule has 0 atom stereocenters. The first kappa shape index (κ1) is 10.7. The van der Waals surface area contributed by atoms with Gasteiger partial charge in [-0.3, -0.25) is 0 Å². The molecule has 0 spiro atoms. The summed E-state index contributed by atoms with van der Waals surface area (Å²) < 4.78 is 5.84. The quantitative estimate of drug-likeness (QED) is 0.743. The molecular formula is C15H9BNO. The Hall–Kier alpha value is -2.47. The van der Waals surface area contributed by atoms with Crippen LogP contribution in [-0.2, 0) is 0 Å². The highest BCUT2D eigenvalue weighted by Crippen LogP contribution is 2.26. The van der Waals surface area contributed by atoms with E-state index in [2.05, 4.69) is 19.4 Å². The van der Waals surface area contributed by atoms with Crippen molar-refractivity contribution in [2.24, 2.45) is 0 Å². The lowest BCUT2D eigenvalue weighted by Gasteiger charge is -2.09. The van der Waals surface area contributed by atoms with Crippen molar-refractivity contribution in [2.45, 2.75) is 0 Å². The predicted molar refractivity (Wildman–Crippen MR) is 72.1 cm³/mol. The van der Waals surface area contributed by atoms with E-state index in [0.717, 1.165) is 17.1 Å². The van der Waals surface area contributed by atoms with Gasteiger partial charge in [-0.2, -0.15) is 5.26 Å². The van der Waals surface area contributed by atoms with Crippen molar-refractivity contribution in [3.63, 3.8) is 0 Å². The summed E-state index contributed by atoms with van der Waals surface area (Å²) in [5.41, 5.74) is 2.90. The summed E-state index contributed by atoms with van der Waals surface area (Å²) in [5.74, 6) is 3.58. The highest BCUT2D eigenvalue weighted by atomic mass is 16.5. The average molecular weight is 230 g/mol. The van der Waals surface area contributed by atoms with Crippen molar-refractivity contribution in [2.75, 3.05) is 0 Å². The molecule has 0 aromatic heterocycles. The van der Waals surface area contributed by atoms with E-state index in [9.17, 15) is 0 Å². The maximum atomic E-state index is 8.74. The molecule has 0 amide bonds. The average Bonchev–Trinajstić information content (AvgIpc) is 2.89. The summed E-state index contributed by atoms with van der Waals surface area (Å²) in [4.78, 5) is 0. The van der Waals surface area contributed by atoms with E-state index in [0.29, 0.717) is 5.56 Å². The molecule has 0 N–H and O–H groups in total.